The zero-order valence-corrected chi connectivity index (χ0v) is 10.4. The fourth-order valence-electron chi connectivity index (χ4n) is 2.35. The molecule has 1 fully saturated rings. The first-order chi connectivity index (χ1) is 8.74. The lowest BCUT2D eigenvalue weighted by Crippen LogP contribution is -2.45. The highest BCUT2D eigenvalue weighted by Gasteiger charge is 2.17. The van der Waals surface area contributed by atoms with E-state index in [0.29, 0.717) is 0 Å². The van der Waals surface area contributed by atoms with Crippen molar-refractivity contribution >= 4 is 16.7 Å². The lowest BCUT2D eigenvalue weighted by atomic mass is 10.2. The Kier molecular flexibility index (Phi) is 2.76. The first-order valence-corrected chi connectivity index (χ1v) is 6.16. The van der Waals surface area contributed by atoms with Crippen LogP contribution in [-0.2, 0) is 0 Å². The molecule has 0 aliphatic carbocycles. The van der Waals surface area contributed by atoms with Crippen molar-refractivity contribution < 1.29 is 0 Å². The third-order valence-corrected chi connectivity index (χ3v) is 3.42. The molecule has 0 unspecified atom stereocenters. The van der Waals surface area contributed by atoms with Crippen molar-refractivity contribution in [1.29, 1.82) is 0 Å². The number of aromatic nitrogens is 2. The molecule has 5 nitrogen and oxygen atoms in total. The van der Waals surface area contributed by atoms with Gasteiger partial charge < -0.3 is 14.8 Å². The molecule has 5 heteroatoms. The van der Waals surface area contributed by atoms with Gasteiger partial charge in [-0.25, -0.2) is 4.79 Å². The van der Waals surface area contributed by atoms with E-state index in [9.17, 15) is 4.79 Å². The lowest BCUT2D eigenvalue weighted by molar-refractivity contribution is 0.312. The summed E-state index contributed by atoms with van der Waals surface area (Å²) in [6.45, 7) is 3.83. The molecule has 1 aromatic carbocycles. The summed E-state index contributed by atoms with van der Waals surface area (Å²) in [6, 6.07) is 7.82. The number of anilines is 1. The summed E-state index contributed by atoms with van der Waals surface area (Å²) in [4.78, 5) is 23.0. The predicted molar refractivity (Wildman–Crippen MR) is 72.1 cm³/mol. The van der Waals surface area contributed by atoms with Crippen LogP contribution in [0.4, 0.5) is 5.82 Å². The van der Waals surface area contributed by atoms with Crippen LogP contribution >= 0.6 is 0 Å². The molecule has 0 spiro atoms. The number of nitrogens with zero attached hydrogens (tertiary/aromatic N) is 3. The predicted octanol–water partition coefficient (Wildman–Crippen LogP) is 0.675. The second-order valence-electron chi connectivity index (χ2n) is 4.70. The molecule has 0 atom stereocenters. The van der Waals surface area contributed by atoms with Crippen LogP contribution in [0, 0.1) is 0 Å². The molecule has 1 saturated heterocycles. The number of benzene rings is 1. The fourth-order valence-corrected chi connectivity index (χ4v) is 2.35. The molecule has 2 heterocycles. The van der Waals surface area contributed by atoms with Gasteiger partial charge in [0.05, 0.1) is 5.52 Å². The molecule has 0 amide bonds. The van der Waals surface area contributed by atoms with Crippen molar-refractivity contribution in [3.63, 3.8) is 0 Å². The molecule has 2 aromatic rings. The molecule has 0 bridgehead atoms. The molecule has 1 N–H and O–H groups in total. The maximum absolute atomic E-state index is 11.6. The van der Waals surface area contributed by atoms with E-state index in [1.807, 2.05) is 24.3 Å². The van der Waals surface area contributed by atoms with Gasteiger partial charge in [0.1, 0.15) is 5.82 Å². The maximum Gasteiger partial charge on any atom is 0.347 e. The molecule has 18 heavy (non-hydrogen) atoms. The van der Waals surface area contributed by atoms with Gasteiger partial charge >= 0.3 is 5.69 Å². The molecule has 3 rings (SSSR count). The summed E-state index contributed by atoms with van der Waals surface area (Å²) in [5.74, 6) is 0.808. The van der Waals surface area contributed by atoms with Gasteiger partial charge in [-0.15, -0.1) is 0 Å². The van der Waals surface area contributed by atoms with Crippen LogP contribution in [0.5, 0.6) is 0 Å². The SMILES string of the molecule is CN1CCN(c2nc(=O)[nH]c3ccccc23)CC1. The normalized spacial score (nSPS) is 17.3. The van der Waals surface area contributed by atoms with Gasteiger partial charge in [0.25, 0.3) is 0 Å². The summed E-state index contributed by atoms with van der Waals surface area (Å²) < 4.78 is 0. The van der Waals surface area contributed by atoms with Crippen LogP contribution in [0.3, 0.4) is 0 Å². The van der Waals surface area contributed by atoms with Crippen molar-refractivity contribution in [2.45, 2.75) is 0 Å². The van der Waals surface area contributed by atoms with Gasteiger partial charge in [-0.05, 0) is 19.2 Å². The van der Waals surface area contributed by atoms with Crippen molar-refractivity contribution in [3.05, 3.63) is 34.7 Å². The minimum absolute atomic E-state index is 0.275. The number of rotatable bonds is 1. The number of hydrogen-bond donors (Lipinski definition) is 1. The van der Waals surface area contributed by atoms with Crippen molar-refractivity contribution in [1.82, 2.24) is 14.9 Å². The average Bonchev–Trinajstić information content (AvgIpc) is 2.38. The highest BCUT2D eigenvalue weighted by atomic mass is 16.1. The van der Waals surface area contributed by atoms with Crippen LogP contribution in [0.25, 0.3) is 10.9 Å². The second-order valence-corrected chi connectivity index (χ2v) is 4.70. The first-order valence-electron chi connectivity index (χ1n) is 6.16. The number of piperazine rings is 1. The Hall–Kier alpha value is -1.88. The summed E-state index contributed by atoms with van der Waals surface area (Å²) in [5, 5.41) is 1.02. The van der Waals surface area contributed by atoms with Crippen LogP contribution in [-0.4, -0.2) is 48.1 Å². The van der Waals surface area contributed by atoms with E-state index in [0.717, 1.165) is 42.9 Å². The molecule has 0 saturated carbocycles. The molecule has 1 aliphatic rings. The molecule has 0 radical (unpaired) electrons. The van der Waals surface area contributed by atoms with Gasteiger partial charge in [0.15, 0.2) is 0 Å². The van der Waals surface area contributed by atoms with Gasteiger partial charge in [0.2, 0.25) is 0 Å². The van der Waals surface area contributed by atoms with E-state index in [4.69, 9.17) is 0 Å². The van der Waals surface area contributed by atoms with Crippen LogP contribution in [0.15, 0.2) is 29.1 Å². The molecular weight excluding hydrogens is 228 g/mol. The number of para-hydroxylation sites is 1. The highest BCUT2D eigenvalue weighted by molar-refractivity contribution is 5.89. The van der Waals surface area contributed by atoms with E-state index in [1.165, 1.54) is 0 Å². The Bertz CT molecular complexity index is 614. The topological polar surface area (TPSA) is 52.2 Å². The average molecular weight is 244 g/mol. The quantitative estimate of drug-likeness (QED) is 0.801. The minimum Gasteiger partial charge on any atom is -0.353 e. The standard InChI is InChI=1S/C13H16N4O/c1-16-6-8-17(9-7-16)12-10-4-2-3-5-11(10)14-13(18)15-12/h2-5H,6-9H2,1H3,(H,14,15,18). The third kappa shape index (κ3) is 1.97. The van der Waals surface area contributed by atoms with E-state index in [2.05, 4.69) is 26.8 Å². The monoisotopic (exact) mass is 244 g/mol. The molecule has 94 valence electrons. The number of H-pyrrole nitrogens is 1. The van der Waals surface area contributed by atoms with E-state index in [-0.39, 0.29) is 5.69 Å². The zero-order chi connectivity index (χ0) is 12.5. The molecule has 1 aliphatic heterocycles. The van der Waals surface area contributed by atoms with Crippen LogP contribution in [0.1, 0.15) is 0 Å². The Morgan fingerprint density at radius 2 is 1.89 bits per heavy atom. The van der Waals surface area contributed by atoms with Gasteiger partial charge in [0, 0.05) is 31.6 Å². The number of likely N-dealkylation sites (N-methyl/N-ethyl adjacent to an activating group) is 1. The maximum atomic E-state index is 11.6. The van der Waals surface area contributed by atoms with Gasteiger partial charge in [-0.2, -0.15) is 4.98 Å². The number of nitrogens with one attached hydrogen (secondary N) is 1. The van der Waals surface area contributed by atoms with Gasteiger partial charge in [-0.1, -0.05) is 12.1 Å². The number of hydrogen-bond acceptors (Lipinski definition) is 4. The Labute approximate surface area is 105 Å². The van der Waals surface area contributed by atoms with Crippen LogP contribution in [0.2, 0.25) is 0 Å². The minimum atomic E-state index is -0.275. The largest absolute Gasteiger partial charge is 0.353 e. The van der Waals surface area contributed by atoms with E-state index >= 15 is 0 Å². The van der Waals surface area contributed by atoms with E-state index in [1.54, 1.807) is 0 Å². The smallest absolute Gasteiger partial charge is 0.347 e. The summed E-state index contributed by atoms with van der Waals surface area (Å²) in [6.07, 6.45) is 0. The van der Waals surface area contributed by atoms with Crippen LogP contribution < -0.4 is 10.6 Å². The fraction of sp³-hybridized carbons (Fsp3) is 0.385. The van der Waals surface area contributed by atoms with Crippen molar-refractivity contribution in [2.75, 3.05) is 38.1 Å². The highest BCUT2D eigenvalue weighted by Crippen LogP contribution is 2.22. The Morgan fingerprint density at radius 1 is 1.17 bits per heavy atom. The summed E-state index contributed by atoms with van der Waals surface area (Å²) >= 11 is 0. The lowest BCUT2D eigenvalue weighted by Gasteiger charge is -2.33. The number of aromatic amines is 1. The third-order valence-electron chi connectivity index (χ3n) is 3.42. The van der Waals surface area contributed by atoms with E-state index < -0.39 is 0 Å². The molecular formula is C13H16N4O. The summed E-state index contributed by atoms with van der Waals surface area (Å²) in [5.41, 5.74) is 0.578. The van der Waals surface area contributed by atoms with Gasteiger partial charge in [-0.3, -0.25) is 0 Å². The first kappa shape index (κ1) is 11.2. The van der Waals surface area contributed by atoms with Crippen molar-refractivity contribution in [3.8, 4) is 0 Å². The Balaban J connectivity index is 2.08. The van der Waals surface area contributed by atoms with Crippen molar-refractivity contribution in [2.24, 2.45) is 0 Å². The zero-order valence-electron chi connectivity index (χ0n) is 10.4. The number of fused-ring (bicyclic) bond motifs is 1. The second kappa shape index (κ2) is 4.42. The Morgan fingerprint density at radius 3 is 2.67 bits per heavy atom. The molecule has 1 aromatic heterocycles. The summed E-state index contributed by atoms with van der Waals surface area (Å²) in [7, 11) is 2.11.